The second-order valence-electron chi connectivity index (χ2n) is 2.65. The van der Waals surface area contributed by atoms with Crippen LogP contribution in [0, 0.1) is 0 Å². The van der Waals surface area contributed by atoms with E-state index < -0.39 is 0 Å². The first kappa shape index (κ1) is 8.65. The van der Waals surface area contributed by atoms with E-state index in [0.717, 1.165) is 15.5 Å². The van der Waals surface area contributed by atoms with Gasteiger partial charge in [-0.2, -0.15) is 15.0 Å². The highest BCUT2D eigenvalue weighted by Crippen LogP contribution is 2.15. The normalized spacial score (nSPS) is 10.9. The van der Waals surface area contributed by atoms with Gasteiger partial charge in [0.15, 0.2) is 0 Å². The maximum Gasteiger partial charge on any atom is 0.114 e. The summed E-state index contributed by atoms with van der Waals surface area (Å²) in [5.41, 5.74) is 1.68. The molecule has 68 valence electrons. The molecule has 0 fully saturated rings. The SMILES string of the molecule is OCCn1nc2ccc(Br)cc2n1. The zero-order chi connectivity index (χ0) is 9.26. The van der Waals surface area contributed by atoms with Crippen molar-refractivity contribution < 1.29 is 5.11 Å². The molecule has 0 radical (unpaired) electrons. The minimum absolute atomic E-state index is 0.0577. The quantitative estimate of drug-likeness (QED) is 0.860. The van der Waals surface area contributed by atoms with E-state index in [1.54, 1.807) is 0 Å². The van der Waals surface area contributed by atoms with Gasteiger partial charge in [0, 0.05) is 4.47 Å². The molecule has 0 bridgehead atoms. The lowest BCUT2D eigenvalue weighted by Gasteiger charge is -1.90. The molecule has 1 aromatic heterocycles. The molecule has 0 aliphatic heterocycles. The van der Waals surface area contributed by atoms with E-state index in [0.29, 0.717) is 6.54 Å². The Morgan fingerprint density at radius 2 is 2.08 bits per heavy atom. The van der Waals surface area contributed by atoms with Gasteiger partial charge in [0.2, 0.25) is 0 Å². The minimum Gasteiger partial charge on any atom is -0.394 e. The van der Waals surface area contributed by atoms with Gasteiger partial charge in [-0.1, -0.05) is 15.9 Å². The number of benzene rings is 1. The number of hydrogen-bond donors (Lipinski definition) is 1. The molecule has 0 aliphatic carbocycles. The predicted octanol–water partition coefficient (Wildman–Crippen LogP) is 1.19. The number of halogens is 1. The number of nitrogens with zero attached hydrogens (tertiary/aromatic N) is 3. The average Bonchev–Trinajstić information content (AvgIpc) is 2.46. The summed E-state index contributed by atoms with van der Waals surface area (Å²) in [4.78, 5) is 1.50. The summed E-state index contributed by atoms with van der Waals surface area (Å²) in [6, 6.07) is 5.71. The number of fused-ring (bicyclic) bond motifs is 1. The summed E-state index contributed by atoms with van der Waals surface area (Å²) in [6.45, 7) is 0.495. The summed E-state index contributed by atoms with van der Waals surface area (Å²) < 4.78 is 0.982. The number of aromatic nitrogens is 3. The van der Waals surface area contributed by atoms with Gasteiger partial charge in [-0.3, -0.25) is 0 Å². The van der Waals surface area contributed by atoms with Crippen LogP contribution in [0.5, 0.6) is 0 Å². The number of hydrogen-bond acceptors (Lipinski definition) is 3. The highest BCUT2D eigenvalue weighted by Gasteiger charge is 2.01. The molecule has 2 rings (SSSR count). The van der Waals surface area contributed by atoms with Gasteiger partial charge in [-0.05, 0) is 18.2 Å². The Hall–Kier alpha value is -0.940. The smallest absolute Gasteiger partial charge is 0.114 e. The molecule has 1 N–H and O–H groups in total. The average molecular weight is 242 g/mol. The maximum absolute atomic E-state index is 8.69. The van der Waals surface area contributed by atoms with E-state index in [1.807, 2.05) is 18.2 Å². The lowest BCUT2D eigenvalue weighted by atomic mass is 10.3. The molecule has 0 unspecified atom stereocenters. The van der Waals surface area contributed by atoms with Gasteiger partial charge in [0.25, 0.3) is 0 Å². The zero-order valence-electron chi connectivity index (χ0n) is 6.81. The first-order valence-electron chi connectivity index (χ1n) is 3.91. The lowest BCUT2D eigenvalue weighted by molar-refractivity contribution is 0.261. The first-order chi connectivity index (χ1) is 6.29. The second kappa shape index (κ2) is 3.43. The number of aliphatic hydroxyl groups is 1. The number of rotatable bonds is 2. The Morgan fingerprint density at radius 1 is 1.31 bits per heavy atom. The molecule has 13 heavy (non-hydrogen) atoms. The van der Waals surface area contributed by atoms with Crippen molar-refractivity contribution in [2.24, 2.45) is 0 Å². The summed E-state index contributed by atoms with van der Waals surface area (Å²) in [6.07, 6.45) is 0. The third kappa shape index (κ3) is 1.71. The molecule has 0 saturated heterocycles. The van der Waals surface area contributed by atoms with Crippen LogP contribution in [0.1, 0.15) is 0 Å². The summed E-state index contributed by atoms with van der Waals surface area (Å²) in [5, 5.41) is 17.0. The molecule has 0 atom stereocenters. The van der Waals surface area contributed by atoms with Crippen LogP contribution in [0.3, 0.4) is 0 Å². The van der Waals surface area contributed by atoms with Crippen LogP contribution in [0.2, 0.25) is 0 Å². The van der Waals surface area contributed by atoms with E-state index in [-0.39, 0.29) is 6.61 Å². The van der Waals surface area contributed by atoms with Crippen LogP contribution < -0.4 is 0 Å². The van der Waals surface area contributed by atoms with Crippen molar-refractivity contribution in [1.82, 2.24) is 15.0 Å². The third-order valence-electron chi connectivity index (χ3n) is 1.68. The van der Waals surface area contributed by atoms with Gasteiger partial charge in [0.05, 0.1) is 13.2 Å². The van der Waals surface area contributed by atoms with Crippen LogP contribution in [0.15, 0.2) is 22.7 Å². The van der Waals surface area contributed by atoms with Crippen LogP contribution in [-0.4, -0.2) is 26.7 Å². The topological polar surface area (TPSA) is 50.9 Å². The molecular weight excluding hydrogens is 234 g/mol. The van der Waals surface area contributed by atoms with Crippen molar-refractivity contribution in [3.63, 3.8) is 0 Å². The fourth-order valence-electron chi connectivity index (χ4n) is 1.12. The third-order valence-corrected chi connectivity index (χ3v) is 2.18. The van der Waals surface area contributed by atoms with E-state index >= 15 is 0 Å². The Balaban J connectivity index is 2.49. The van der Waals surface area contributed by atoms with E-state index in [1.165, 1.54) is 4.80 Å². The van der Waals surface area contributed by atoms with Gasteiger partial charge < -0.3 is 5.11 Å². The molecule has 5 heteroatoms. The largest absolute Gasteiger partial charge is 0.394 e. The van der Waals surface area contributed by atoms with Crippen molar-refractivity contribution in [3.05, 3.63) is 22.7 Å². The van der Waals surface area contributed by atoms with Crippen LogP contribution in [0.25, 0.3) is 11.0 Å². The van der Waals surface area contributed by atoms with E-state index in [9.17, 15) is 0 Å². The highest BCUT2D eigenvalue weighted by molar-refractivity contribution is 9.10. The van der Waals surface area contributed by atoms with E-state index in [2.05, 4.69) is 26.1 Å². The van der Waals surface area contributed by atoms with Crippen molar-refractivity contribution in [1.29, 1.82) is 0 Å². The van der Waals surface area contributed by atoms with Crippen molar-refractivity contribution >= 4 is 27.0 Å². The van der Waals surface area contributed by atoms with E-state index in [4.69, 9.17) is 5.11 Å². The fraction of sp³-hybridized carbons (Fsp3) is 0.250. The lowest BCUT2D eigenvalue weighted by Crippen LogP contribution is -2.05. The standard InChI is InChI=1S/C8H8BrN3O/c9-6-1-2-7-8(5-6)11-12(10-7)3-4-13/h1-2,5,13H,3-4H2. The Morgan fingerprint density at radius 3 is 2.85 bits per heavy atom. The van der Waals surface area contributed by atoms with Crippen molar-refractivity contribution in [2.75, 3.05) is 6.61 Å². The molecule has 1 heterocycles. The second-order valence-corrected chi connectivity index (χ2v) is 3.57. The van der Waals surface area contributed by atoms with Gasteiger partial charge in [-0.25, -0.2) is 0 Å². The van der Waals surface area contributed by atoms with Gasteiger partial charge in [0.1, 0.15) is 11.0 Å². The maximum atomic E-state index is 8.69. The van der Waals surface area contributed by atoms with Gasteiger partial charge >= 0.3 is 0 Å². The molecule has 0 saturated carbocycles. The molecule has 1 aromatic carbocycles. The Labute approximate surface area is 83.3 Å². The summed E-state index contributed by atoms with van der Waals surface area (Å²) >= 11 is 3.35. The van der Waals surface area contributed by atoms with Crippen LogP contribution >= 0.6 is 15.9 Å². The zero-order valence-corrected chi connectivity index (χ0v) is 8.40. The summed E-state index contributed by atoms with van der Waals surface area (Å²) in [7, 11) is 0. The molecule has 0 spiro atoms. The number of aliphatic hydroxyl groups excluding tert-OH is 1. The van der Waals surface area contributed by atoms with Crippen LogP contribution in [-0.2, 0) is 6.54 Å². The van der Waals surface area contributed by atoms with Crippen molar-refractivity contribution in [2.45, 2.75) is 6.54 Å². The van der Waals surface area contributed by atoms with Crippen molar-refractivity contribution in [3.8, 4) is 0 Å². The molecule has 4 nitrogen and oxygen atoms in total. The summed E-state index contributed by atoms with van der Waals surface area (Å²) in [5.74, 6) is 0. The fourth-order valence-corrected chi connectivity index (χ4v) is 1.47. The monoisotopic (exact) mass is 241 g/mol. The first-order valence-corrected chi connectivity index (χ1v) is 4.70. The predicted molar refractivity (Wildman–Crippen MR) is 52.3 cm³/mol. The highest BCUT2D eigenvalue weighted by atomic mass is 79.9. The molecule has 0 aliphatic rings. The molecular formula is C8H8BrN3O. The molecule has 0 amide bonds. The molecule has 2 aromatic rings. The Kier molecular flexibility index (Phi) is 2.28. The van der Waals surface area contributed by atoms with Gasteiger partial charge in [-0.15, -0.1) is 0 Å². The minimum atomic E-state index is 0.0577. The Bertz CT molecular complexity index is 426. The van der Waals surface area contributed by atoms with Crippen LogP contribution in [0.4, 0.5) is 0 Å².